The number of carbonyl (C=O) groups is 2. The third-order valence-corrected chi connectivity index (χ3v) is 10.5. The number of rotatable bonds is 26. The van der Waals surface area contributed by atoms with Crippen LogP contribution in [0, 0.1) is 31.6 Å². The molecule has 8 N–H and O–H groups in total. The fourth-order valence-electron chi connectivity index (χ4n) is 4.01. The van der Waals surface area contributed by atoms with E-state index in [4.69, 9.17) is 34.6 Å². The summed E-state index contributed by atoms with van der Waals surface area (Å²) in [5.74, 6) is 2.17. The van der Waals surface area contributed by atoms with E-state index in [1.807, 2.05) is 72.0 Å². The van der Waals surface area contributed by atoms with Crippen molar-refractivity contribution in [3.63, 3.8) is 0 Å². The number of benzene rings is 2. The summed E-state index contributed by atoms with van der Waals surface area (Å²) in [7, 11) is -1.93. The van der Waals surface area contributed by atoms with Gasteiger partial charge in [-0.25, -0.2) is 13.2 Å². The molecule has 2 rings (SSSR count). The Kier molecular flexibility index (Phi) is 63.4. The Morgan fingerprint density at radius 1 is 0.929 bits per heavy atom. The summed E-state index contributed by atoms with van der Waals surface area (Å²) in [5, 5.41) is 34.4. The first-order valence-electron chi connectivity index (χ1n) is 23.8. The van der Waals surface area contributed by atoms with Crippen molar-refractivity contribution in [2.75, 3.05) is 60.2 Å². The molecule has 1 amide bonds. The maximum Gasteiger partial charge on any atom is 0.404 e. The third-order valence-electron chi connectivity index (χ3n) is 7.88. The zero-order chi connectivity index (χ0) is 55.2. The van der Waals surface area contributed by atoms with Gasteiger partial charge in [-0.2, -0.15) is 4.31 Å². The van der Waals surface area contributed by atoms with E-state index >= 15 is 0 Å². The Hall–Kier alpha value is -4.18. The van der Waals surface area contributed by atoms with Crippen LogP contribution in [-0.4, -0.2) is 107 Å². The Balaban J connectivity index is -0.000000203. The summed E-state index contributed by atoms with van der Waals surface area (Å²) in [6, 6.07) is 14.4. The van der Waals surface area contributed by atoms with Crippen molar-refractivity contribution in [3.8, 4) is 18.6 Å². The lowest BCUT2D eigenvalue weighted by Gasteiger charge is -2.26. The van der Waals surface area contributed by atoms with Crippen LogP contribution >= 0.6 is 8.45 Å². The maximum absolute atomic E-state index is 12.8. The normalized spacial score (nSPS) is 11.2. The molecular weight excluding hydrogens is 934 g/mol. The van der Waals surface area contributed by atoms with E-state index in [1.54, 1.807) is 25.3 Å². The second-order valence-electron chi connectivity index (χ2n) is 15.1. The van der Waals surface area contributed by atoms with Crippen molar-refractivity contribution in [2.24, 2.45) is 17.3 Å². The quantitative estimate of drug-likeness (QED) is 0.00884. The number of carboxylic acid groups (broad SMARTS) is 1. The lowest BCUT2D eigenvalue weighted by atomic mass is 10.1. The number of hydrogen-bond acceptors (Lipinski definition) is 13. The molecule has 2 aromatic carbocycles. The van der Waals surface area contributed by atoms with Crippen molar-refractivity contribution >= 4 is 30.9 Å². The summed E-state index contributed by atoms with van der Waals surface area (Å²) in [6.45, 7) is 30.8. The first-order valence-corrected chi connectivity index (χ1v) is 26.5. The van der Waals surface area contributed by atoms with E-state index in [9.17, 15) is 23.1 Å². The number of ether oxygens (including phenoxy) is 2. The minimum absolute atomic E-state index is 0.0395. The number of aryl methyl sites for hydroxylation is 1. The number of nitrogens with two attached hydrogens (primary N) is 1. The highest BCUT2D eigenvalue weighted by Crippen LogP contribution is 2.25. The maximum atomic E-state index is 12.8. The van der Waals surface area contributed by atoms with Gasteiger partial charge in [0.1, 0.15) is 17.8 Å². The molecule has 0 aliphatic carbocycles. The molecule has 70 heavy (non-hydrogen) atoms. The largest absolute Gasteiger partial charge is 0.497 e. The first-order chi connectivity index (χ1) is 33.3. The topological polar surface area (TPSA) is 231 Å². The second-order valence-corrected chi connectivity index (χ2v) is 18.1. The number of terminal acetylenes is 1. The summed E-state index contributed by atoms with van der Waals surface area (Å²) in [4.78, 5) is 25.0. The number of aldehydes is 1. The molecular formula is C52H96N5O11PS. The number of methoxy groups -OCH3 is 2. The Bertz CT molecular complexity index is 1640. The van der Waals surface area contributed by atoms with Gasteiger partial charge in [0, 0.05) is 59.5 Å². The minimum Gasteiger partial charge on any atom is -0.497 e. The van der Waals surface area contributed by atoms with Gasteiger partial charge in [-0.15, -0.1) is 18.1 Å². The number of sulfonamides is 1. The monoisotopic (exact) mass is 1030 g/mol. The van der Waals surface area contributed by atoms with E-state index in [2.05, 4.69) is 88.9 Å². The number of allylic oxidation sites excluding steroid dienone is 5. The standard InChI is InChI=1S/C17H26N3O2P.C15H24N2O6S.C5H12O.C5H12.C3H8O.C3H6O.C2H6.C2H2/c1-4-5-6-7-16(3)22-23(18)20-21-13-12-19-14-17-10-8-15(2)9-11-17;1-11(2)9-17(10-12(18)8-16-15(19)20)24(21,22)14-6-4-13(23-3)5-7-14;1-3-4-5-6-2;1-4-5(2)3;2*1-2-3-4;2*1-2/h4-11,19-20H,1,12-14,18H2,2-3H3;4-7,11-12,16,18H,8-10H2,1-3H3,(H,19,20);3-5H2,1-2H3;5H,4H2,1-3H3;4H,2-3H2,1H3;3H,2H2,1H3;1-2H3;1-2H/b6-5-,16-7+;;;;;;;/t;12-;;;;;;/m.0....../s1. The van der Waals surface area contributed by atoms with Gasteiger partial charge in [-0.3, -0.25) is 10.3 Å². The summed E-state index contributed by atoms with van der Waals surface area (Å²) in [5.41, 5.74) is 8.32. The molecule has 0 aliphatic rings. The highest BCUT2D eigenvalue weighted by molar-refractivity contribution is 7.89. The molecule has 18 heteroatoms. The molecule has 2 aromatic rings. The van der Waals surface area contributed by atoms with Crippen molar-refractivity contribution in [1.82, 2.24) is 20.2 Å². The lowest BCUT2D eigenvalue weighted by Crippen LogP contribution is -2.43. The smallest absolute Gasteiger partial charge is 0.404 e. The molecule has 0 radical (unpaired) electrons. The summed E-state index contributed by atoms with van der Waals surface area (Å²) >= 11 is 0. The predicted molar refractivity (Wildman–Crippen MR) is 293 cm³/mol. The number of nitrogens with zero attached hydrogens (tertiary/aromatic N) is 1. The number of aliphatic hydroxyl groups is 2. The van der Waals surface area contributed by atoms with Gasteiger partial charge in [-0.1, -0.05) is 137 Å². The molecule has 0 saturated carbocycles. The van der Waals surface area contributed by atoms with Crippen molar-refractivity contribution in [1.29, 1.82) is 0 Å². The number of carbonyl (C=O) groups excluding carboxylic acids is 1. The van der Waals surface area contributed by atoms with Gasteiger partial charge in [0.2, 0.25) is 10.0 Å². The Morgan fingerprint density at radius 2 is 1.47 bits per heavy atom. The average Bonchev–Trinajstić information content (AvgIpc) is 3.35. The first kappa shape index (κ1) is 77.3. The lowest BCUT2D eigenvalue weighted by molar-refractivity contribution is -0.107. The van der Waals surface area contributed by atoms with Gasteiger partial charge in [0.05, 0.1) is 24.7 Å². The van der Waals surface area contributed by atoms with Crippen LogP contribution in [0.3, 0.4) is 0 Å². The number of aliphatic hydroxyl groups excluding tert-OH is 2. The minimum atomic E-state index is -3.81. The highest BCUT2D eigenvalue weighted by Gasteiger charge is 2.27. The van der Waals surface area contributed by atoms with Crippen molar-refractivity contribution in [3.05, 3.63) is 96.3 Å². The molecule has 0 aliphatic heterocycles. The average molecular weight is 1030 g/mol. The molecule has 0 fully saturated rings. The van der Waals surface area contributed by atoms with Crippen molar-refractivity contribution in [2.45, 2.75) is 133 Å². The SMILES string of the molecule is C#C.C=C/C=C\C=C(/C)OP(N)NOCCNCc1ccc(C)cc1.CC.CCC(C)C.CCC=O.CCCCOC.CCCO.COc1ccc(S(=O)(=O)N(CC(C)C)C[C@@H](O)CNC(=O)O)cc1. The molecule has 1 unspecified atom stereocenters. The molecule has 0 bridgehead atoms. The summed E-state index contributed by atoms with van der Waals surface area (Å²) < 4.78 is 42.0. The predicted octanol–water partition coefficient (Wildman–Crippen LogP) is 10.2. The van der Waals surface area contributed by atoms with Gasteiger partial charge in [0.15, 0.2) is 0 Å². The van der Waals surface area contributed by atoms with Crippen LogP contribution in [-0.2, 0) is 35.5 Å². The van der Waals surface area contributed by atoms with Gasteiger partial charge in [0.25, 0.3) is 8.45 Å². The van der Waals surface area contributed by atoms with E-state index in [1.165, 1.54) is 49.6 Å². The third kappa shape index (κ3) is 54.8. The van der Waals surface area contributed by atoms with Crippen LogP contribution in [0.1, 0.15) is 119 Å². The molecule has 0 heterocycles. The van der Waals surface area contributed by atoms with Gasteiger partial charge >= 0.3 is 6.09 Å². The molecule has 406 valence electrons. The zero-order valence-corrected chi connectivity index (χ0v) is 47.0. The van der Waals surface area contributed by atoms with Crippen LogP contribution in [0.5, 0.6) is 5.75 Å². The van der Waals surface area contributed by atoms with Crippen LogP contribution in [0.15, 0.2) is 90.1 Å². The fraction of sp³-hybridized carbons (Fsp3) is 0.577. The fourth-order valence-corrected chi connectivity index (χ4v) is 6.28. The summed E-state index contributed by atoms with van der Waals surface area (Å²) in [6.07, 6.45) is 18.9. The van der Waals surface area contributed by atoms with Crippen LogP contribution < -0.4 is 26.1 Å². The molecule has 16 nitrogen and oxygen atoms in total. The Labute approximate surface area is 426 Å². The molecule has 0 saturated heterocycles. The van der Waals surface area contributed by atoms with Crippen LogP contribution in [0.2, 0.25) is 0 Å². The molecule has 0 aromatic heterocycles. The number of nitrogens with one attached hydrogen (secondary N) is 3. The van der Waals surface area contributed by atoms with Crippen molar-refractivity contribution < 1.29 is 52.2 Å². The van der Waals surface area contributed by atoms with Gasteiger partial charge in [-0.05, 0) is 74.4 Å². The van der Waals surface area contributed by atoms with Gasteiger partial charge < -0.3 is 44.7 Å². The molecule has 2 atom stereocenters. The number of amides is 1. The van der Waals surface area contributed by atoms with Crippen LogP contribution in [0.25, 0.3) is 0 Å². The van der Waals surface area contributed by atoms with E-state index in [0.717, 1.165) is 42.6 Å². The Morgan fingerprint density at radius 3 is 1.87 bits per heavy atom. The van der Waals surface area contributed by atoms with E-state index < -0.39 is 30.7 Å². The zero-order valence-electron chi connectivity index (χ0n) is 45.3. The van der Waals surface area contributed by atoms with E-state index in [-0.39, 0.29) is 30.4 Å². The van der Waals surface area contributed by atoms with Crippen LogP contribution in [0.4, 0.5) is 4.79 Å². The number of hydrogen-bond donors (Lipinski definition) is 7. The highest BCUT2D eigenvalue weighted by atomic mass is 32.2. The number of unbranched alkanes of at least 4 members (excludes halogenated alkanes) is 1. The van der Waals surface area contributed by atoms with E-state index in [0.29, 0.717) is 31.1 Å². The molecule has 0 spiro atoms. The second kappa shape index (κ2) is 57.4.